The van der Waals surface area contributed by atoms with Gasteiger partial charge in [0.1, 0.15) is 0 Å². The summed E-state index contributed by atoms with van der Waals surface area (Å²) >= 11 is 0. The van der Waals surface area contributed by atoms with Gasteiger partial charge in [-0.15, -0.1) is 6.42 Å². The van der Waals surface area contributed by atoms with Crippen LogP contribution >= 0.6 is 0 Å². The fraction of sp³-hybridized carbons (Fsp3) is 0.333. The Balaban J connectivity index is 2.83. The minimum atomic E-state index is 1.07. The number of hydrogen-bond donors (Lipinski definition) is 0. The van der Waals surface area contributed by atoms with E-state index in [2.05, 4.69) is 25.0 Å². The summed E-state index contributed by atoms with van der Waals surface area (Å²) in [7, 11) is 0. The molecule has 0 saturated carbocycles. The Hall–Kier alpha value is -0.960. The maximum Gasteiger partial charge on any atom is 0.0228 e. The molecule has 1 aliphatic carbocycles. The maximum absolute atomic E-state index is 5.23. The van der Waals surface area contributed by atoms with Crippen molar-refractivity contribution in [3.63, 3.8) is 0 Å². The number of allylic oxidation sites excluding steroid dienone is 4. The summed E-state index contributed by atoms with van der Waals surface area (Å²) in [5, 5.41) is 0. The summed E-state index contributed by atoms with van der Waals surface area (Å²) in [4.78, 5) is 0. The molecule has 0 unspecified atom stereocenters. The highest BCUT2D eigenvalue weighted by molar-refractivity contribution is 5.44. The minimum absolute atomic E-state index is 1.07. The van der Waals surface area contributed by atoms with Crippen molar-refractivity contribution in [1.82, 2.24) is 0 Å². The van der Waals surface area contributed by atoms with Crippen LogP contribution in [0.3, 0.4) is 0 Å². The van der Waals surface area contributed by atoms with Crippen molar-refractivity contribution >= 4 is 0 Å². The highest BCUT2D eigenvalue weighted by atomic mass is 14.0. The lowest BCUT2D eigenvalue weighted by atomic mass is 10.0. The summed E-state index contributed by atoms with van der Waals surface area (Å²) < 4.78 is 0. The fourth-order valence-electron chi connectivity index (χ4n) is 0.971. The molecule has 1 aliphatic rings. The second kappa shape index (κ2) is 2.55. The van der Waals surface area contributed by atoms with E-state index in [0.29, 0.717) is 0 Å². The van der Waals surface area contributed by atoms with Gasteiger partial charge >= 0.3 is 0 Å². The molecular formula is C9H10. The molecule has 0 radical (unpaired) electrons. The van der Waals surface area contributed by atoms with Crippen molar-refractivity contribution in [3.8, 4) is 12.3 Å². The van der Waals surface area contributed by atoms with Gasteiger partial charge < -0.3 is 0 Å². The summed E-state index contributed by atoms with van der Waals surface area (Å²) in [6.45, 7) is 2.06. The van der Waals surface area contributed by atoms with Crippen molar-refractivity contribution in [2.45, 2.75) is 19.8 Å². The van der Waals surface area contributed by atoms with Gasteiger partial charge in [0.05, 0.1) is 0 Å². The van der Waals surface area contributed by atoms with Crippen LogP contribution in [0.2, 0.25) is 0 Å². The summed E-state index contributed by atoms with van der Waals surface area (Å²) in [5.74, 6) is 2.65. The van der Waals surface area contributed by atoms with Crippen LogP contribution in [0.25, 0.3) is 0 Å². The van der Waals surface area contributed by atoms with Crippen LogP contribution in [0.15, 0.2) is 23.3 Å². The normalized spacial score (nSPS) is 17.8. The molecule has 0 aliphatic heterocycles. The maximum atomic E-state index is 5.23. The Morgan fingerprint density at radius 2 is 2.11 bits per heavy atom. The van der Waals surface area contributed by atoms with Gasteiger partial charge in [-0.25, -0.2) is 0 Å². The second-order valence-corrected chi connectivity index (χ2v) is 2.23. The zero-order valence-electron chi connectivity index (χ0n) is 5.65. The third-order valence-electron chi connectivity index (χ3n) is 1.55. The zero-order chi connectivity index (χ0) is 6.69. The molecule has 0 nitrogen and oxygen atoms in total. The molecule has 1 rings (SSSR count). The van der Waals surface area contributed by atoms with Gasteiger partial charge in [0.15, 0.2) is 0 Å². The second-order valence-electron chi connectivity index (χ2n) is 2.23. The Labute approximate surface area is 56.3 Å². The molecule has 0 saturated heterocycles. The summed E-state index contributed by atoms with van der Waals surface area (Å²) in [5.41, 5.74) is 2.32. The molecule has 0 atom stereocenters. The molecule has 46 valence electrons. The Morgan fingerprint density at radius 1 is 1.44 bits per heavy atom. The third-order valence-corrected chi connectivity index (χ3v) is 1.55. The first-order valence-electron chi connectivity index (χ1n) is 3.18. The number of hydrogen-bond acceptors (Lipinski definition) is 0. The lowest BCUT2D eigenvalue weighted by Crippen LogP contribution is -1.87. The van der Waals surface area contributed by atoms with E-state index in [9.17, 15) is 0 Å². The van der Waals surface area contributed by atoms with Crippen molar-refractivity contribution in [2.24, 2.45) is 0 Å². The lowest BCUT2D eigenvalue weighted by molar-refractivity contribution is 1.00. The standard InChI is InChI=1S/C9H10/c1-3-9-7-5-4-6-8(9)2/h1,6-7H,4-5H2,2H3. The third kappa shape index (κ3) is 1.23. The van der Waals surface area contributed by atoms with Gasteiger partial charge in [-0.05, 0) is 25.3 Å². The van der Waals surface area contributed by atoms with E-state index in [4.69, 9.17) is 6.42 Å². The van der Waals surface area contributed by atoms with E-state index in [1.165, 1.54) is 5.57 Å². The van der Waals surface area contributed by atoms with Crippen LogP contribution in [-0.4, -0.2) is 0 Å². The number of terminal acetylenes is 1. The predicted octanol–water partition coefficient (Wildman–Crippen LogP) is 2.29. The molecule has 0 aromatic rings. The van der Waals surface area contributed by atoms with Gasteiger partial charge in [-0.2, -0.15) is 0 Å². The Bertz CT molecular complexity index is 199. The summed E-state index contributed by atoms with van der Waals surface area (Å²) in [6.07, 6.45) is 11.8. The SMILES string of the molecule is C#CC1=CCCC=C1C. The average molecular weight is 118 g/mol. The first kappa shape index (κ1) is 6.16. The molecule has 0 bridgehead atoms. The van der Waals surface area contributed by atoms with Gasteiger partial charge in [0.25, 0.3) is 0 Å². The predicted molar refractivity (Wildman–Crippen MR) is 39.9 cm³/mol. The van der Waals surface area contributed by atoms with Crippen LogP contribution in [-0.2, 0) is 0 Å². The van der Waals surface area contributed by atoms with Crippen molar-refractivity contribution in [3.05, 3.63) is 23.3 Å². The van der Waals surface area contributed by atoms with E-state index in [1.54, 1.807) is 0 Å². The summed E-state index contributed by atoms with van der Waals surface area (Å²) in [6, 6.07) is 0. The lowest BCUT2D eigenvalue weighted by Gasteiger charge is -2.04. The van der Waals surface area contributed by atoms with E-state index in [0.717, 1.165) is 18.4 Å². The minimum Gasteiger partial charge on any atom is -0.115 e. The largest absolute Gasteiger partial charge is 0.115 e. The Kier molecular flexibility index (Phi) is 1.75. The number of rotatable bonds is 0. The van der Waals surface area contributed by atoms with E-state index < -0.39 is 0 Å². The molecule has 0 spiro atoms. The molecule has 0 heterocycles. The van der Waals surface area contributed by atoms with Crippen LogP contribution in [0.1, 0.15) is 19.8 Å². The van der Waals surface area contributed by atoms with Gasteiger partial charge in [0, 0.05) is 5.57 Å². The average Bonchev–Trinajstić information content (AvgIpc) is 1.89. The van der Waals surface area contributed by atoms with Crippen molar-refractivity contribution < 1.29 is 0 Å². The van der Waals surface area contributed by atoms with Crippen LogP contribution in [0, 0.1) is 12.3 Å². The topological polar surface area (TPSA) is 0 Å². The molecular weight excluding hydrogens is 108 g/mol. The van der Waals surface area contributed by atoms with E-state index in [1.807, 2.05) is 0 Å². The van der Waals surface area contributed by atoms with Crippen molar-refractivity contribution in [1.29, 1.82) is 0 Å². The molecule has 0 amide bonds. The first-order chi connectivity index (χ1) is 4.34. The molecule has 9 heavy (non-hydrogen) atoms. The van der Waals surface area contributed by atoms with Crippen LogP contribution in [0.5, 0.6) is 0 Å². The quantitative estimate of drug-likeness (QED) is 0.428. The molecule has 0 aromatic heterocycles. The molecule has 0 heteroatoms. The highest BCUT2D eigenvalue weighted by Gasteiger charge is 1.98. The monoisotopic (exact) mass is 118 g/mol. The van der Waals surface area contributed by atoms with Gasteiger partial charge in [0.2, 0.25) is 0 Å². The van der Waals surface area contributed by atoms with Crippen LogP contribution in [0.4, 0.5) is 0 Å². The smallest absolute Gasteiger partial charge is 0.0228 e. The van der Waals surface area contributed by atoms with Crippen molar-refractivity contribution in [2.75, 3.05) is 0 Å². The zero-order valence-corrected chi connectivity index (χ0v) is 5.65. The van der Waals surface area contributed by atoms with E-state index in [-0.39, 0.29) is 0 Å². The fourth-order valence-corrected chi connectivity index (χ4v) is 0.971. The van der Waals surface area contributed by atoms with Gasteiger partial charge in [-0.1, -0.05) is 18.1 Å². The van der Waals surface area contributed by atoms with Crippen LogP contribution < -0.4 is 0 Å². The molecule has 0 fully saturated rings. The highest BCUT2D eigenvalue weighted by Crippen LogP contribution is 2.16. The molecule has 0 aromatic carbocycles. The van der Waals surface area contributed by atoms with Gasteiger partial charge in [-0.3, -0.25) is 0 Å². The Morgan fingerprint density at radius 3 is 2.56 bits per heavy atom. The molecule has 0 N–H and O–H groups in total. The first-order valence-corrected chi connectivity index (χ1v) is 3.18. The van der Waals surface area contributed by atoms with E-state index >= 15 is 0 Å².